The quantitative estimate of drug-likeness (QED) is 0.709. The fourth-order valence-corrected chi connectivity index (χ4v) is 2.48. The number of nitrogens with one attached hydrogen (secondary N) is 1. The van der Waals surface area contributed by atoms with Crippen molar-refractivity contribution in [3.8, 4) is 0 Å². The van der Waals surface area contributed by atoms with Gasteiger partial charge in [0.05, 0.1) is 6.04 Å². The second-order valence-electron chi connectivity index (χ2n) is 4.79. The third kappa shape index (κ3) is 2.23. The number of likely N-dealkylation sites (tertiary alicyclic amines) is 1. The lowest BCUT2D eigenvalue weighted by Gasteiger charge is -2.24. The lowest BCUT2D eigenvalue weighted by Crippen LogP contribution is -2.44. The van der Waals surface area contributed by atoms with Crippen LogP contribution in [0.3, 0.4) is 0 Å². The molecule has 15 heavy (non-hydrogen) atoms. The molecule has 1 aliphatic heterocycles. The summed E-state index contributed by atoms with van der Waals surface area (Å²) < 4.78 is 0. The number of hydrogen-bond acceptors (Lipinski definition) is 2. The molecule has 2 aliphatic rings. The van der Waals surface area contributed by atoms with Crippen LogP contribution >= 0.6 is 0 Å². The maximum Gasteiger partial charge on any atom is 0.240 e. The van der Waals surface area contributed by atoms with Crippen molar-refractivity contribution < 1.29 is 4.79 Å². The molecule has 84 valence electrons. The van der Waals surface area contributed by atoms with Crippen molar-refractivity contribution >= 4 is 5.91 Å². The van der Waals surface area contributed by atoms with Crippen molar-refractivity contribution in [2.75, 3.05) is 6.54 Å². The number of amides is 1. The molecule has 1 atom stereocenters. The molecule has 1 saturated heterocycles. The van der Waals surface area contributed by atoms with Gasteiger partial charge in [-0.25, -0.2) is 0 Å². The number of carbonyl (C=O) groups is 1. The van der Waals surface area contributed by atoms with E-state index in [0.29, 0.717) is 18.0 Å². The summed E-state index contributed by atoms with van der Waals surface area (Å²) in [6.07, 6.45) is 7.41. The fourth-order valence-electron chi connectivity index (χ4n) is 2.48. The topological polar surface area (TPSA) is 32.3 Å². The van der Waals surface area contributed by atoms with E-state index in [2.05, 4.69) is 36.2 Å². The lowest BCUT2D eigenvalue weighted by atomic mass is 10.2. The van der Waals surface area contributed by atoms with E-state index in [1.165, 1.54) is 0 Å². The predicted octanol–water partition coefficient (Wildman–Crippen LogP) is 1.30. The van der Waals surface area contributed by atoms with Gasteiger partial charge in [0.1, 0.15) is 0 Å². The molecule has 0 spiro atoms. The summed E-state index contributed by atoms with van der Waals surface area (Å²) in [5.41, 5.74) is 0. The largest absolute Gasteiger partial charge is 0.338 e. The number of hydrogen-bond donors (Lipinski definition) is 1. The maximum atomic E-state index is 12.1. The predicted molar refractivity (Wildman–Crippen MR) is 60.6 cm³/mol. The summed E-state index contributed by atoms with van der Waals surface area (Å²) >= 11 is 0. The highest BCUT2D eigenvalue weighted by molar-refractivity contribution is 5.84. The van der Waals surface area contributed by atoms with Crippen LogP contribution in [0.15, 0.2) is 12.2 Å². The van der Waals surface area contributed by atoms with Gasteiger partial charge in [-0.1, -0.05) is 26.0 Å². The van der Waals surface area contributed by atoms with Gasteiger partial charge in [-0.3, -0.25) is 4.79 Å². The molecule has 0 saturated carbocycles. The monoisotopic (exact) mass is 208 g/mol. The van der Waals surface area contributed by atoms with Gasteiger partial charge < -0.3 is 10.2 Å². The average molecular weight is 208 g/mol. The molecule has 3 heteroatoms. The molecule has 2 rings (SSSR count). The zero-order valence-electron chi connectivity index (χ0n) is 9.57. The van der Waals surface area contributed by atoms with Crippen molar-refractivity contribution in [2.24, 2.45) is 0 Å². The zero-order chi connectivity index (χ0) is 10.8. The van der Waals surface area contributed by atoms with Gasteiger partial charge in [0, 0.05) is 18.6 Å². The van der Waals surface area contributed by atoms with Crippen LogP contribution in [0, 0.1) is 0 Å². The van der Waals surface area contributed by atoms with Crippen LogP contribution in [0.2, 0.25) is 0 Å². The molecule has 1 heterocycles. The van der Waals surface area contributed by atoms with Crippen LogP contribution < -0.4 is 5.32 Å². The van der Waals surface area contributed by atoms with Gasteiger partial charge in [-0.15, -0.1) is 0 Å². The Hall–Kier alpha value is -0.830. The molecule has 1 N–H and O–H groups in total. The minimum atomic E-state index is 0.0607. The van der Waals surface area contributed by atoms with E-state index in [9.17, 15) is 4.79 Å². The molecule has 0 aromatic carbocycles. The third-order valence-corrected chi connectivity index (χ3v) is 3.20. The van der Waals surface area contributed by atoms with E-state index in [4.69, 9.17) is 0 Å². The second kappa shape index (κ2) is 4.35. The highest BCUT2D eigenvalue weighted by Gasteiger charge is 2.35. The molecule has 1 unspecified atom stereocenters. The summed E-state index contributed by atoms with van der Waals surface area (Å²) in [5.74, 6) is 0.303. The van der Waals surface area contributed by atoms with E-state index in [1.54, 1.807) is 0 Å². The summed E-state index contributed by atoms with van der Waals surface area (Å²) in [4.78, 5) is 14.1. The molecular weight excluding hydrogens is 188 g/mol. The highest BCUT2D eigenvalue weighted by atomic mass is 16.2. The van der Waals surface area contributed by atoms with Gasteiger partial charge >= 0.3 is 0 Å². The minimum absolute atomic E-state index is 0.0607. The maximum absolute atomic E-state index is 12.1. The van der Waals surface area contributed by atoms with Crippen LogP contribution in [-0.2, 0) is 4.79 Å². The van der Waals surface area contributed by atoms with E-state index in [0.717, 1.165) is 25.8 Å². The van der Waals surface area contributed by atoms with Gasteiger partial charge in [-0.2, -0.15) is 0 Å². The minimum Gasteiger partial charge on any atom is -0.338 e. The van der Waals surface area contributed by atoms with Gasteiger partial charge in [-0.05, 0) is 19.3 Å². The number of rotatable bonds is 3. The first kappa shape index (κ1) is 10.7. The molecule has 3 nitrogen and oxygen atoms in total. The van der Waals surface area contributed by atoms with E-state index in [-0.39, 0.29) is 6.04 Å². The van der Waals surface area contributed by atoms with Crippen molar-refractivity contribution in [2.45, 2.75) is 51.2 Å². The summed E-state index contributed by atoms with van der Waals surface area (Å²) in [5, 5.41) is 3.33. The van der Waals surface area contributed by atoms with Crippen LogP contribution in [0.5, 0.6) is 0 Å². The Morgan fingerprint density at radius 2 is 2.07 bits per heavy atom. The lowest BCUT2D eigenvalue weighted by molar-refractivity contribution is -0.131. The Morgan fingerprint density at radius 3 is 2.67 bits per heavy atom. The van der Waals surface area contributed by atoms with Crippen molar-refractivity contribution in [3.05, 3.63) is 12.2 Å². The van der Waals surface area contributed by atoms with E-state index in [1.807, 2.05) is 0 Å². The van der Waals surface area contributed by atoms with Gasteiger partial charge in [0.25, 0.3) is 0 Å². The average Bonchev–Trinajstić information content (AvgIpc) is 2.76. The Bertz CT molecular complexity index is 265. The molecule has 0 bridgehead atoms. The van der Waals surface area contributed by atoms with Crippen LogP contribution in [0.1, 0.15) is 33.1 Å². The molecular formula is C12H20N2O. The van der Waals surface area contributed by atoms with Crippen molar-refractivity contribution in [3.63, 3.8) is 0 Å². The van der Waals surface area contributed by atoms with Crippen molar-refractivity contribution in [1.29, 1.82) is 0 Å². The molecule has 1 amide bonds. The number of nitrogens with zero attached hydrogens (tertiary/aromatic N) is 1. The van der Waals surface area contributed by atoms with Crippen LogP contribution in [0.25, 0.3) is 0 Å². The highest BCUT2D eigenvalue weighted by Crippen LogP contribution is 2.23. The first-order valence-corrected chi connectivity index (χ1v) is 5.90. The normalized spacial score (nSPS) is 27.3. The zero-order valence-corrected chi connectivity index (χ0v) is 9.57. The van der Waals surface area contributed by atoms with Gasteiger partial charge in [0.15, 0.2) is 0 Å². The molecule has 0 aromatic heterocycles. The number of carbonyl (C=O) groups excluding carboxylic acids is 1. The van der Waals surface area contributed by atoms with Crippen molar-refractivity contribution in [1.82, 2.24) is 10.2 Å². The Morgan fingerprint density at radius 1 is 1.40 bits per heavy atom. The standard InChI is InChI=1S/C12H20N2O/c1-9(2)13-11-7-8-14(12(11)15)10-5-3-4-6-10/h3-4,9-11,13H,5-8H2,1-2H3. The first-order chi connectivity index (χ1) is 7.18. The van der Waals surface area contributed by atoms with E-state index < -0.39 is 0 Å². The molecule has 0 aromatic rings. The van der Waals surface area contributed by atoms with Gasteiger partial charge in [0.2, 0.25) is 5.91 Å². The van der Waals surface area contributed by atoms with E-state index >= 15 is 0 Å². The second-order valence-corrected chi connectivity index (χ2v) is 4.79. The summed E-state index contributed by atoms with van der Waals surface area (Å²) in [7, 11) is 0. The SMILES string of the molecule is CC(C)NC1CCN(C2CC=CC2)C1=O. The first-order valence-electron chi connectivity index (χ1n) is 5.90. The summed E-state index contributed by atoms with van der Waals surface area (Å²) in [6.45, 7) is 5.11. The van der Waals surface area contributed by atoms with Crippen LogP contribution in [0.4, 0.5) is 0 Å². The Labute approximate surface area is 91.5 Å². The van der Waals surface area contributed by atoms with Crippen LogP contribution in [-0.4, -0.2) is 35.5 Å². The smallest absolute Gasteiger partial charge is 0.240 e. The fraction of sp³-hybridized carbons (Fsp3) is 0.750. The third-order valence-electron chi connectivity index (χ3n) is 3.20. The Balaban J connectivity index is 1.92. The summed E-state index contributed by atoms with van der Waals surface area (Å²) in [6, 6.07) is 0.891. The molecule has 1 aliphatic carbocycles. The Kier molecular flexibility index (Phi) is 3.10. The molecule has 0 radical (unpaired) electrons. The molecule has 1 fully saturated rings.